The molecule has 0 saturated carbocycles. The molecule has 2 aromatic carbocycles. The fraction of sp³-hybridized carbons (Fsp3) is 0.391. The Balaban J connectivity index is 1.40. The number of anilines is 1. The highest BCUT2D eigenvalue weighted by Gasteiger charge is 2.15. The summed E-state index contributed by atoms with van der Waals surface area (Å²) in [6, 6.07) is 15.5. The molecule has 2 aromatic rings. The minimum absolute atomic E-state index is 0.0412. The molecule has 2 amide bonds. The van der Waals surface area contributed by atoms with Gasteiger partial charge in [0.25, 0.3) is 0 Å². The number of aryl methyl sites for hydroxylation is 1. The number of fused-ring (bicyclic) bond motifs is 1. The van der Waals surface area contributed by atoms with Gasteiger partial charge >= 0.3 is 0 Å². The molecule has 1 heterocycles. The second kappa shape index (κ2) is 10.6. The van der Waals surface area contributed by atoms with E-state index in [0.717, 1.165) is 41.8 Å². The largest absolute Gasteiger partial charge is 0.494 e. The summed E-state index contributed by atoms with van der Waals surface area (Å²) >= 11 is 0. The summed E-state index contributed by atoms with van der Waals surface area (Å²) < 4.78 is 5.81. The molecule has 1 aliphatic rings. The number of hydrogen-bond donors (Lipinski definition) is 2. The second-order valence-electron chi connectivity index (χ2n) is 7.20. The number of aliphatic hydroxyl groups is 1. The molecule has 6 nitrogen and oxygen atoms in total. The molecule has 0 aliphatic carbocycles. The first-order valence-electron chi connectivity index (χ1n) is 10.1. The molecule has 0 fully saturated rings. The van der Waals surface area contributed by atoms with Crippen LogP contribution in [0.2, 0.25) is 0 Å². The van der Waals surface area contributed by atoms with Crippen LogP contribution in [-0.2, 0) is 22.6 Å². The fourth-order valence-corrected chi connectivity index (χ4v) is 3.39. The zero-order chi connectivity index (χ0) is 20.5. The molecule has 6 heteroatoms. The molecule has 0 bridgehead atoms. The number of aliphatic hydroxyl groups excluding tert-OH is 1. The number of nitrogens with zero attached hydrogens (tertiary/aromatic N) is 1. The minimum atomic E-state index is -0.0412. The van der Waals surface area contributed by atoms with Crippen LogP contribution in [0.4, 0.5) is 5.69 Å². The van der Waals surface area contributed by atoms with Gasteiger partial charge < -0.3 is 20.1 Å². The van der Waals surface area contributed by atoms with E-state index in [2.05, 4.69) is 5.32 Å². The van der Waals surface area contributed by atoms with Gasteiger partial charge in [-0.1, -0.05) is 30.3 Å². The highest BCUT2D eigenvalue weighted by Crippen LogP contribution is 2.26. The lowest BCUT2D eigenvalue weighted by molar-refractivity contribution is -0.132. The van der Waals surface area contributed by atoms with Crippen LogP contribution < -0.4 is 10.1 Å². The van der Waals surface area contributed by atoms with Gasteiger partial charge in [-0.3, -0.25) is 9.59 Å². The molecule has 2 N–H and O–H groups in total. The number of nitrogens with one attached hydrogen (secondary N) is 1. The molecule has 0 spiro atoms. The van der Waals surface area contributed by atoms with Crippen molar-refractivity contribution >= 4 is 17.5 Å². The first-order chi connectivity index (χ1) is 14.2. The van der Waals surface area contributed by atoms with E-state index in [1.165, 1.54) is 0 Å². The van der Waals surface area contributed by atoms with Gasteiger partial charge in [-0.2, -0.15) is 0 Å². The summed E-state index contributed by atoms with van der Waals surface area (Å²) in [6.07, 6.45) is 3.18. The first-order valence-corrected chi connectivity index (χ1v) is 10.1. The van der Waals surface area contributed by atoms with Gasteiger partial charge in [0.1, 0.15) is 5.75 Å². The van der Waals surface area contributed by atoms with E-state index < -0.39 is 0 Å². The van der Waals surface area contributed by atoms with E-state index in [-0.39, 0.29) is 18.4 Å². The van der Waals surface area contributed by atoms with Crippen LogP contribution in [0.15, 0.2) is 48.5 Å². The Morgan fingerprint density at radius 1 is 1.10 bits per heavy atom. The zero-order valence-corrected chi connectivity index (χ0v) is 16.6. The third-order valence-corrected chi connectivity index (χ3v) is 4.96. The van der Waals surface area contributed by atoms with Crippen LogP contribution in [-0.4, -0.2) is 41.6 Å². The van der Waals surface area contributed by atoms with Crippen molar-refractivity contribution in [1.29, 1.82) is 0 Å². The molecule has 0 unspecified atom stereocenters. The van der Waals surface area contributed by atoms with Crippen molar-refractivity contribution in [2.75, 3.05) is 25.1 Å². The Morgan fingerprint density at radius 2 is 1.93 bits per heavy atom. The quantitative estimate of drug-likeness (QED) is 0.605. The van der Waals surface area contributed by atoms with Crippen LogP contribution in [0.3, 0.4) is 0 Å². The number of benzene rings is 2. The van der Waals surface area contributed by atoms with E-state index in [0.29, 0.717) is 32.5 Å². The first kappa shape index (κ1) is 20.9. The monoisotopic (exact) mass is 396 g/mol. The lowest BCUT2D eigenvalue weighted by Gasteiger charge is -2.22. The average molecular weight is 396 g/mol. The normalized spacial score (nSPS) is 12.8. The molecule has 29 heavy (non-hydrogen) atoms. The number of unbranched alkanes of at least 4 members (excludes halogenated alkanes) is 1. The van der Waals surface area contributed by atoms with Gasteiger partial charge in [-0.25, -0.2) is 0 Å². The zero-order valence-electron chi connectivity index (χ0n) is 16.6. The fourth-order valence-electron chi connectivity index (χ4n) is 3.39. The summed E-state index contributed by atoms with van der Waals surface area (Å²) in [7, 11) is 0. The minimum Gasteiger partial charge on any atom is -0.494 e. The standard InChI is InChI=1S/C23H28N2O4/c26-14-13-25(17-18-6-2-1-3-7-18)23(28)8-4-5-15-29-20-10-11-21-19(16-20)9-12-22(27)24-21/h1-3,6-7,10-11,16,26H,4-5,8-9,12-15,17H2,(H,24,27). The maximum atomic E-state index is 12.5. The van der Waals surface area contributed by atoms with Crippen LogP contribution in [0.1, 0.15) is 36.8 Å². The third kappa shape index (κ3) is 6.32. The lowest BCUT2D eigenvalue weighted by Crippen LogP contribution is -2.32. The summed E-state index contributed by atoms with van der Waals surface area (Å²) in [5.74, 6) is 0.892. The Labute approximate surface area is 171 Å². The maximum absolute atomic E-state index is 12.5. The topological polar surface area (TPSA) is 78.9 Å². The Hall–Kier alpha value is -2.86. The number of carbonyl (C=O) groups is 2. The molecule has 154 valence electrons. The van der Waals surface area contributed by atoms with Gasteiger partial charge in [-0.05, 0) is 48.6 Å². The second-order valence-corrected chi connectivity index (χ2v) is 7.20. The maximum Gasteiger partial charge on any atom is 0.224 e. The van der Waals surface area contributed by atoms with E-state index >= 15 is 0 Å². The molecule has 0 aromatic heterocycles. The van der Waals surface area contributed by atoms with Gasteiger partial charge in [0, 0.05) is 31.6 Å². The summed E-state index contributed by atoms with van der Waals surface area (Å²) in [5.41, 5.74) is 3.01. The number of ether oxygens (including phenoxy) is 1. The molecule has 0 radical (unpaired) electrons. The van der Waals surface area contributed by atoms with E-state index in [1.54, 1.807) is 4.90 Å². The summed E-state index contributed by atoms with van der Waals surface area (Å²) in [5, 5.41) is 12.1. The number of hydrogen-bond acceptors (Lipinski definition) is 4. The number of amides is 2. The molecular formula is C23H28N2O4. The predicted molar refractivity (Wildman–Crippen MR) is 112 cm³/mol. The Morgan fingerprint density at radius 3 is 2.72 bits per heavy atom. The van der Waals surface area contributed by atoms with Crippen LogP contribution in [0, 0.1) is 0 Å². The SMILES string of the molecule is O=C1CCc2cc(OCCCCC(=O)N(CCO)Cc3ccccc3)ccc2N1. The predicted octanol–water partition coefficient (Wildman–Crippen LogP) is 3.14. The Kier molecular flexibility index (Phi) is 7.64. The number of rotatable bonds is 10. The number of carbonyl (C=O) groups excluding carboxylic acids is 2. The van der Waals surface area contributed by atoms with Crippen molar-refractivity contribution in [1.82, 2.24) is 4.90 Å². The van der Waals surface area contributed by atoms with Crippen LogP contribution >= 0.6 is 0 Å². The molecule has 1 aliphatic heterocycles. The smallest absolute Gasteiger partial charge is 0.224 e. The van der Waals surface area contributed by atoms with Crippen molar-refractivity contribution in [3.63, 3.8) is 0 Å². The van der Waals surface area contributed by atoms with Gasteiger partial charge in [-0.15, -0.1) is 0 Å². The molecule has 0 saturated heterocycles. The van der Waals surface area contributed by atoms with Crippen molar-refractivity contribution in [3.05, 3.63) is 59.7 Å². The van der Waals surface area contributed by atoms with Gasteiger partial charge in [0.2, 0.25) is 11.8 Å². The molecule has 0 atom stereocenters. The molecule has 3 rings (SSSR count). The highest BCUT2D eigenvalue weighted by molar-refractivity contribution is 5.94. The average Bonchev–Trinajstić information content (AvgIpc) is 2.74. The van der Waals surface area contributed by atoms with Crippen LogP contribution in [0.25, 0.3) is 0 Å². The summed E-state index contributed by atoms with van der Waals surface area (Å²) in [4.78, 5) is 25.6. The van der Waals surface area contributed by atoms with E-state index in [4.69, 9.17) is 4.74 Å². The van der Waals surface area contributed by atoms with Crippen molar-refractivity contribution in [3.8, 4) is 5.75 Å². The molecular weight excluding hydrogens is 368 g/mol. The van der Waals surface area contributed by atoms with Gasteiger partial charge in [0.05, 0.1) is 13.2 Å². The van der Waals surface area contributed by atoms with Crippen molar-refractivity contribution in [2.45, 2.75) is 38.6 Å². The van der Waals surface area contributed by atoms with Crippen molar-refractivity contribution < 1.29 is 19.4 Å². The van der Waals surface area contributed by atoms with Gasteiger partial charge in [0.15, 0.2) is 0 Å². The van der Waals surface area contributed by atoms with Crippen LogP contribution in [0.5, 0.6) is 5.75 Å². The van der Waals surface area contributed by atoms with E-state index in [9.17, 15) is 14.7 Å². The lowest BCUT2D eigenvalue weighted by atomic mass is 10.0. The highest BCUT2D eigenvalue weighted by atomic mass is 16.5. The Bertz CT molecular complexity index is 823. The van der Waals surface area contributed by atoms with Crippen molar-refractivity contribution in [2.24, 2.45) is 0 Å². The summed E-state index contributed by atoms with van der Waals surface area (Å²) in [6.45, 7) is 1.36. The van der Waals surface area contributed by atoms with E-state index in [1.807, 2.05) is 48.5 Å². The third-order valence-electron chi connectivity index (χ3n) is 4.96.